The molecule has 0 fully saturated rings. The summed E-state index contributed by atoms with van der Waals surface area (Å²) in [7, 11) is 1.38. The largest absolute Gasteiger partial charge is 0.469 e. The second-order valence-electron chi connectivity index (χ2n) is 5.55. The highest BCUT2D eigenvalue weighted by atomic mass is 19.1. The minimum absolute atomic E-state index is 0.162. The van der Waals surface area contributed by atoms with Gasteiger partial charge in [0.2, 0.25) is 0 Å². The number of carbonyl (C=O) groups excluding carboxylic acids is 1. The predicted molar refractivity (Wildman–Crippen MR) is 75.0 cm³/mol. The van der Waals surface area contributed by atoms with Crippen molar-refractivity contribution in [1.29, 1.82) is 0 Å². The van der Waals surface area contributed by atoms with E-state index >= 15 is 0 Å². The molecule has 2 nitrogen and oxygen atoms in total. The van der Waals surface area contributed by atoms with Crippen molar-refractivity contribution in [1.82, 2.24) is 0 Å². The molecule has 19 heavy (non-hydrogen) atoms. The molecule has 0 N–H and O–H groups in total. The second kappa shape index (κ2) is 6.18. The lowest BCUT2D eigenvalue weighted by atomic mass is 9.82. The Labute approximate surface area is 115 Å². The molecule has 0 aliphatic heterocycles. The number of benzene rings is 1. The average molecular weight is 266 g/mol. The Morgan fingerprint density at radius 1 is 1.05 bits per heavy atom. The first-order chi connectivity index (χ1) is 8.79. The summed E-state index contributed by atoms with van der Waals surface area (Å²) in [6, 6.07) is 3.07. The van der Waals surface area contributed by atoms with Crippen LogP contribution in [0.2, 0.25) is 0 Å². The molecule has 1 aromatic rings. The zero-order chi connectivity index (χ0) is 14.7. The van der Waals surface area contributed by atoms with E-state index in [4.69, 9.17) is 4.74 Å². The van der Waals surface area contributed by atoms with E-state index in [1.54, 1.807) is 0 Å². The van der Waals surface area contributed by atoms with E-state index in [0.29, 0.717) is 0 Å². The first kappa shape index (κ1) is 15.7. The van der Waals surface area contributed by atoms with Gasteiger partial charge in [-0.25, -0.2) is 4.39 Å². The number of hydrogen-bond donors (Lipinski definition) is 0. The topological polar surface area (TPSA) is 26.3 Å². The molecule has 0 aliphatic rings. The lowest BCUT2D eigenvalue weighted by Gasteiger charge is -2.23. The van der Waals surface area contributed by atoms with Crippen LogP contribution in [0.25, 0.3) is 0 Å². The van der Waals surface area contributed by atoms with E-state index in [0.717, 1.165) is 16.7 Å². The third kappa shape index (κ3) is 3.34. The number of carbonyl (C=O) groups is 1. The van der Waals surface area contributed by atoms with Crippen LogP contribution in [0.15, 0.2) is 12.1 Å². The summed E-state index contributed by atoms with van der Waals surface area (Å²) >= 11 is 0. The maximum Gasteiger partial charge on any atom is 0.312 e. The molecule has 106 valence electrons. The minimum atomic E-state index is -0.375. The molecular formula is C16H23FO2. The van der Waals surface area contributed by atoms with E-state index in [1.807, 2.05) is 34.6 Å². The molecule has 3 heteroatoms. The van der Waals surface area contributed by atoms with Crippen molar-refractivity contribution >= 4 is 5.97 Å². The zero-order valence-corrected chi connectivity index (χ0v) is 12.6. The summed E-state index contributed by atoms with van der Waals surface area (Å²) in [5.74, 6) is -0.574. The standard InChI is InChI=1S/C16H23FO2/c1-9(2)13-7-12(17)8-14(10(3)4)15(13)11(5)16(18)19-6/h7-11H,1-6H3. The van der Waals surface area contributed by atoms with Crippen LogP contribution in [0.4, 0.5) is 4.39 Å². The van der Waals surface area contributed by atoms with Crippen LogP contribution in [0, 0.1) is 5.82 Å². The smallest absolute Gasteiger partial charge is 0.312 e. The number of halogens is 1. The van der Waals surface area contributed by atoms with Gasteiger partial charge in [0.25, 0.3) is 0 Å². The summed E-state index contributed by atoms with van der Waals surface area (Å²) in [5.41, 5.74) is 2.70. The Balaban J connectivity index is 3.51. The molecule has 1 unspecified atom stereocenters. The van der Waals surface area contributed by atoms with Crippen LogP contribution in [0.3, 0.4) is 0 Å². The molecule has 1 aromatic carbocycles. The van der Waals surface area contributed by atoms with Crippen molar-refractivity contribution in [2.45, 2.75) is 52.4 Å². The van der Waals surface area contributed by atoms with Crippen molar-refractivity contribution in [3.8, 4) is 0 Å². The zero-order valence-electron chi connectivity index (χ0n) is 12.6. The van der Waals surface area contributed by atoms with E-state index in [-0.39, 0.29) is 29.5 Å². The molecule has 0 radical (unpaired) electrons. The fraction of sp³-hybridized carbons (Fsp3) is 0.562. The lowest BCUT2D eigenvalue weighted by Crippen LogP contribution is -2.16. The van der Waals surface area contributed by atoms with Crippen LogP contribution in [0.1, 0.15) is 69.1 Å². The summed E-state index contributed by atoms with van der Waals surface area (Å²) in [5, 5.41) is 0. The Bertz CT molecular complexity index is 435. The van der Waals surface area contributed by atoms with Gasteiger partial charge in [-0.1, -0.05) is 27.7 Å². The van der Waals surface area contributed by atoms with Gasteiger partial charge in [0.05, 0.1) is 13.0 Å². The molecule has 0 aliphatic carbocycles. The van der Waals surface area contributed by atoms with Crippen molar-refractivity contribution < 1.29 is 13.9 Å². The minimum Gasteiger partial charge on any atom is -0.469 e. The van der Waals surface area contributed by atoms with E-state index < -0.39 is 0 Å². The van der Waals surface area contributed by atoms with Gasteiger partial charge in [0.1, 0.15) is 5.82 Å². The fourth-order valence-electron chi connectivity index (χ4n) is 2.41. The number of esters is 1. The number of methoxy groups -OCH3 is 1. The predicted octanol–water partition coefficient (Wildman–Crippen LogP) is 4.35. The molecular weight excluding hydrogens is 243 g/mol. The molecule has 0 saturated heterocycles. The molecule has 0 spiro atoms. The quantitative estimate of drug-likeness (QED) is 0.757. The van der Waals surface area contributed by atoms with Crippen molar-refractivity contribution in [2.24, 2.45) is 0 Å². The van der Waals surface area contributed by atoms with Crippen molar-refractivity contribution in [3.63, 3.8) is 0 Å². The Hall–Kier alpha value is -1.38. The van der Waals surface area contributed by atoms with E-state index in [1.165, 1.54) is 19.2 Å². The number of rotatable bonds is 4. The molecule has 0 aromatic heterocycles. The van der Waals surface area contributed by atoms with Crippen LogP contribution >= 0.6 is 0 Å². The van der Waals surface area contributed by atoms with Gasteiger partial charge in [-0.2, -0.15) is 0 Å². The van der Waals surface area contributed by atoms with Gasteiger partial charge in [0, 0.05) is 0 Å². The molecule has 1 rings (SSSR count). The Morgan fingerprint density at radius 2 is 1.47 bits per heavy atom. The highest BCUT2D eigenvalue weighted by Gasteiger charge is 2.25. The number of hydrogen-bond acceptors (Lipinski definition) is 2. The summed E-state index contributed by atoms with van der Waals surface area (Å²) in [6.45, 7) is 9.84. The third-order valence-electron chi connectivity index (χ3n) is 3.44. The normalized spacial score (nSPS) is 12.9. The van der Waals surface area contributed by atoms with Crippen LogP contribution in [-0.2, 0) is 9.53 Å². The Kier molecular flexibility index (Phi) is 5.10. The molecule has 0 heterocycles. The van der Waals surface area contributed by atoms with E-state index in [9.17, 15) is 9.18 Å². The van der Waals surface area contributed by atoms with Gasteiger partial charge in [-0.05, 0) is 47.6 Å². The first-order valence-corrected chi connectivity index (χ1v) is 6.70. The second-order valence-corrected chi connectivity index (χ2v) is 5.55. The average Bonchev–Trinajstić information content (AvgIpc) is 2.35. The van der Waals surface area contributed by atoms with Gasteiger partial charge >= 0.3 is 5.97 Å². The van der Waals surface area contributed by atoms with Gasteiger partial charge in [-0.15, -0.1) is 0 Å². The molecule has 0 saturated carbocycles. The highest BCUT2D eigenvalue weighted by molar-refractivity contribution is 5.79. The lowest BCUT2D eigenvalue weighted by molar-refractivity contribution is -0.142. The Morgan fingerprint density at radius 3 is 1.79 bits per heavy atom. The SMILES string of the molecule is COC(=O)C(C)c1c(C(C)C)cc(F)cc1C(C)C. The van der Waals surface area contributed by atoms with Gasteiger partial charge in [-0.3, -0.25) is 4.79 Å². The van der Waals surface area contributed by atoms with Crippen molar-refractivity contribution in [3.05, 3.63) is 34.6 Å². The fourth-order valence-corrected chi connectivity index (χ4v) is 2.41. The monoisotopic (exact) mass is 266 g/mol. The van der Waals surface area contributed by atoms with Gasteiger partial charge < -0.3 is 4.74 Å². The van der Waals surface area contributed by atoms with Crippen LogP contribution in [-0.4, -0.2) is 13.1 Å². The van der Waals surface area contributed by atoms with Crippen molar-refractivity contribution in [2.75, 3.05) is 7.11 Å². The van der Waals surface area contributed by atoms with Crippen LogP contribution in [0.5, 0.6) is 0 Å². The highest BCUT2D eigenvalue weighted by Crippen LogP contribution is 2.34. The van der Waals surface area contributed by atoms with Gasteiger partial charge in [0.15, 0.2) is 0 Å². The first-order valence-electron chi connectivity index (χ1n) is 6.70. The maximum absolute atomic E-state index is 13.8. The summed E-state index contributed by atoms with van der Waals surface area (Å²) in [6.07, 6.45) is 0. The number of ether oxygens (including phenoxy) is 1. The van der Waals surface area contributed by atoms with Crippen LogP contribution < -0.4 is 0 Å². The maximum atomic E-state index is 13.8. The molecule has 1 atom stereocenters. The van der Waals surface area contributed by atoms with E-state index in [2.05, 4.69) is 0 Å². The summed E-state index contributed by atoms with van der Waals surface area (Å²) < 4.78 is 18.6. The molecule has 0 amide bonds. The molecule has 0 bridgehead atoms. The summed E-state index contributed by atoms with van der Waals surface area (Å²) in [4.78, 5) is 11.8. The third-order valence-corrected chi connectivity index (χ3v) is 3.44.